The maximum Gasteiger partial charge on any atom is 0.257 e. The second-order valence-electron chi connectivity index (χ2n) is 6.03. The fourth-order valence-corrected chi connectivity index (χ4v) is 2.46. The fourth-order valence-electron chi connectivity index (χ4n) is 2.46. The number of benzene rings is 2. The SMILES string of the molecule is CC(C)c1ccc(NC(=O)c2ccc(-c3ccccc3)nc2)cc1. The van der Waals surface area contributed by atoms with E-state index in [2.05, 4.69) is 24.1 Å². The molecule has 1 amide bonds. The number of aromatic nitrogens is 1. The number of nitrogens with zero attached hydrogens (tertiary/aromatic N) is 1. The van der Waals surface area contributed by atoms with E-state index in [1.165, 1.54) is 5.56 Å². The average molecular weight is 316 g/mol. The van der Waals surface area contributed by atoms with Crippen molar-refractivity contribution >= 4 is 11.6 Å². The molecule has 1 heterocycles. The Bertz CT molecular complexity index is 807. The first-order valence-corrected chi connectivity index (χ1v) is 8.06. The van der Waals surface area contributed by atoms with E-state index in [0.717, 1.165) is 16.9 Å². The molecular weight excluding hydrogens is 296 g/mol. The van der Waals surface area contributed by atoms with E-state index in [1.54, 1.807) is 12.3 Å². The molecule has 0 atom stereocenters. The first-order chi connectivity index (χ1) is 11.6. The van der Waals surface area contributed by atoms with Crippen LogP contribution in [0.1, 0.15) is 35.7 Å². The molecule has 0 saturated carbocycles. The highest BCUT2D eigenvalue weighted by Gasteiger charge is 2.08. The van der Waals surface area contributed by atoms with Crippen molar-refractivity contribution in [3.63, 3.8) is 0 Å². The van der Waals surface area contributed by atoms with Crippen LogP contribution in [0.2, 0.25) is 0 Å². The van der Waals surface area contributed by atoms with Crippen LogP contribution in [0.25, 0.3) is 11.3 Å². The molecular formula is C21H20N2O. The molecule has 0 radical (unpaired) electrons. The number of hydrogen-bond donors (Lipinski definition) is 1. The van der Waals surface area contributed by atoms with Crippen LogP contribution in [0.15, 0.2) is 72.9 Å². The number of hydrogen-bond acceptors (Lipinski definition) is 2. The lowest BCUT2D eigenvalue weighted by molar-refractivity contribution is 0.102. The fraction of sp³-hybridized carbons (Fsp3) is 0.143. The lowest BCUT2D eigenvalue weighted by Gasteiger charge is -2.09. The van der Waals surface area contributed by atoms with E-state index in [1.807, 2.05) is 60.7 Å². The summed E-state index contributed by atoms with van der Waals surface area (Å²) in [5, 5.41) is 2.90. The molecule has 0 aliphatic carbocycles. The zero-order valence-corrected chi connectivity index (χ0v) is 13.9. The monoisotopic (exact) mass is 316 g/mol. The molecule has 0 aliphatic heterocycles. The number of nitrogens with one attached hydrogen (secondary N) is 1. The van der Waals surface area contributed by atoms with Gasteiger partial charge in [-0.1, -0.05) is 56.3 Å². The standard InChI is InChI=1S/C21H20N2O/c1-15(2)16-8-11-19(12-9-16)23-21(24)18-10-13-20(22-14-18)17-6-4-3-5-7-17/h3-15H,1-2H3,(H,23,24). The van der Waals surface area contributed by atoms with Crippen LogP contribution in [-0.4, -0.2) is 10.9 Å². The summed E-state index contributed by atoms with van der Waals surface area (Å²) < 4.78 is 0. The van der Waals surface area contributed by atoms with Crippen LogP contribution in [-0.2, 0) is 0 Å². The Morgan fingerprint density at radius 3 is 2.21 bits per heavy atom. The summed E-state index contributed by atoms with van der Waals surface area (Å²) in [5.41, 5.74) is 4.48. The van der Waals surface area contributed by atoms with Crippen LogP contribution in [0.5, 0.6) is 0 Å². The number of carbonyl (C=O) groups excluding carboxylic acids is 1. The third kappa shape index (κ3) is 3.69. The molecule has 0 aliphatic rings. The van der Waals surface area contributed by atoms with E-state index in [-0.39, 0.29) is 5.91 Å². The lowest BCUT2D eigenvalue weighted by atomic mass is 10.0. The van der Waals surface area contributed by atoms with Crippen molar-refractivity contribution in [1.29, 1.82) is 0 Å². The molecule has 3 aromatic rings. The summed E-state index contributed by atoms with van der Waals surface area (Å²) in [6.45, 7) is 4.29. The highest BCUT2D eigenvalue weighted by molar-refractivity contribution is 6.04. The molecule has 2 aromatic carbocycles. The normalized spacial score (nSPS) is 10.6. The largest absolute Gasteiger partial charge is 0.322 e. The van der Waals surface area contributed by atoms with Gasteiger partial charge in [0.25, 0.3) is 5.91 Å². The van der Waals surface area contributed by atoms with Crippen LogP contribution in [0, 0.1) is 0 Å². The molecule has 0 spiro atoms. The predicted molar refractivity (Wildman–Crippen MR) is 98.2 cm³/mol. The van der Waals surface area contributed by atoms with E-state index < -0.39 is 0 Å². The van der Waals surface area contributed by atoms with Gasteiger partial charge in [0, 0.05) is 17.4 Å². The molecule has 1 N–H and O–H groups in total. The summed E-state index contributed by atoms with van der Waals surface area (Å²) in [6.07, 6.45) is 1.61. The summed E-state index contributed by atoms with van der Waals surface area (Å²) in [7, 11) is 0. The van der Waals surface area contributed by atoms with Crippen molar-refractivity contribution in [3.05, 3.63) is 84.1 Å². The Balaban J connectivity index is 1.71. The second-order valence-corrected chi connectivity index (χ2v) is 6.03. The van der Waals surface area contributed by atoms with Gasteiger partial charge in [-0.25, -0.2) is 0 Å². The van der Waals surface area contributed by atoms with Gasteiger partial charge in [0.2, 0.25) is 0 Å². The van der Waals surface area contributed by atoms with Crippen molar-refractivity contribution in [2.24, 2.45) is 0 Å². The van der Waals surface area contributed by atoms with Crippen molar-refractivity contribution in [1.82, 2.24) is 4.98 Å². The Morgan fingerprint density at radius 2 is 1.62 bits per heavy atom. The molecule has 1 aromatic heterocycles. The average Bonchev–Trinajstić information content (AvgIpc) is 2.63. The zero-order valence-electron chi connectivity index (χ0n) is 13.9. The summed E-state index contributed by atoms with van der Waals surface area (Å²) in [5.74, 6) is 0.323. The predicted octanol–water partition coefficient (Wildman–Crippen LogP) is 5.12. The number of rotatable bonds is 4. The number of carbonyl (C=O) groups is 1. The van der Waals surface area contributed by atoms with Gasteiger partial charge in [0.1, 0.15) is 0 Å². The number of pyridine rings is 1. The Morgan fingerprint density at radius 1 is 0.917 bits per heavy atom. The van der Waals surface area contributed by atoms with Crippen molar-refractivity contribution in [2.75, 3.05) is 5.32 Å². The molecule has 0 saturated heterocycles. The highest BCUT2D eigenvalue weighted by Crippen LogP contribution is 2.19. The van der Waals surface area contributed by atoms with Gasteiger partial charge in [-0.05, 0) is 35.7 Å². The first-order valence-electron chi connectivity index (χ1n) is 8.06. The lowest BCUT2D eigenvalue weighted by Crippen LogP contribution is -2.12. The zero-order chi connectivity index (χ0) is 16.9. The third-order valence-corrected chi connectivity index (χ3v) is 3.93. The summed E-state index contributed by atoms with van der Waals surface area (Å²) in [6, 6.07) is 21.5. The highest BCUT2D eigenvalue weighted by atomic mass is 16.1. The molecule has 0 bridgehead atoms. The molecule has 0 unspecified atom stereocenters. The van der Waals surface area contributed by atoms with Gasteiger partial charge in [-0.2, -0.15) is 0 Å². The van der Waals surface area contributed by atoms with E-state index in [4.69, 9.17) is 0 Å². The summed E-state index contributed by atoms with van der Waals surface area (Å²) >= 11 is 0. The number of anilines is 1. The third-order valence-electron chi connectivity index (χ3n) is 3.93. The van der Waals surface area contributed by atoms with Gasteiger partial charge in [-0.3, -0.25) is 9.78 Å². The molecule has 3 rings (SSSR count). The van der Waals surface area contributed by atoms with Gasteiger partial charge in [0.05, 0.1) is 11.3 Å². The van der Waals surface area contributed by atoms with Gasteiger partial charge in [-0.15, -0.1) is 0 Å². The molecule has 3 nitrogen and oxygen atoms in total. The van der Waals surface area contributed by atoms with Crippen LogP contribution < -0.4 is 5.32 Å². The molecule has 120 valence electrons. The smallest absolute Gasteiger partial charge is 0.257 e. The maximum absolute atomic E-state index is 12.3. The van der Waals surface area contributed by atoms with Crippen LogP contribution in [0.4, 0.5) is 5.69 Å². The molecule has 24 heavy (non-hydrogen) atoms. The van der Waals surface area contributed by atoms with E-state index >= 15 is 0 Å². The second kappa shape index (κ2) is 7.09. The quantitative estimate of drug-likeness (QED) is 0.725. The Kier molecular flexibility index (Phi) is 4.71. The minimum Gasteiger partial charge on any atom is -0.322 e. The van der Waals surface area contributed by atoms with E-state index in [0.29, 0.717) is 11.5 Å². The topological polar surface area (TPSA) is 42.0 Å². The van der Waals surface area contributed by atoms with Crippen molar-refractivity contribution in [2.45, 2.75) is 19.8 Å². The minimum absolute atomic E-state index is 0.153. The minimum atomic E-state index is -0.153. The number of amides is 1. The van der Waals surface area contributed by atoms with Gasteiger partial charge < -0.3 is 5.32 Å². The molecule has 3 heteroatoms. The first kappa shape index (κ1) is 15.9. The van der Waals surface area contributed by atoms with Gasteiger partial charge >= 0.3 is 0 Å². The maximum atomic E-state index is 12.3. The Labute approximate surface area is 142 Å². The van der Waals surface area contributed by atoms with E-state index in [9.17, 15) is 4.79 Å². The van der Waals surface area contributed by atoms with Crippen LogP contribution >= 0.6 is 0 Å². The Hall–Kier alpha value is -2.94. The van der Waals surface area contributed by atoms with Crippen LogP contribution in [0.3, 0.4) is 0 Å². The van der Waals surface area contributed by atoms with Gasteiger partial charge in [0.15, 0.2) is 0 Å². The van der Waals surface area contributed by atoms with Crippen molar-refractivity contribution in [3.8, 4) is 11.3 Å². The molecule has 0 fully saturated rings. The van der Waals surface area contributed by atoms with Crippen molar-refractivity contribution < 1.29 is 4.79 Å². The summed E-state index contributed by atoms with van der Waals surface area (Å²) in [4.78, 5) is 16.7.